The molecule has 0 bridgehead atoms. The van der Waals surface area contributed by atoms with Crippen LogP contribution < -0.4 is 9.64 Å². The van der Waals surface area contributed by atoms with Gasteiger partial charge in [0.25, 0.3) is 5.91 Å². The Balaban J connectivity index is 1.65. The Morgan fingerprint density at radius 1 is 1.10 bits per heavy atom. The van der Waals surface area contributed by atoms with E-state index in [1.165, 1.54) is 23.5 Å². The fraction of sp³-hybridized carbons (Fsp3) is 0.130. The lowest BCUT2D eigenvalue weighted by molar-refractivity contribution is -0.120. The Bertz CT molecular complexity index is 1200. The quantitative estimate of drug-likeness (QED) is 0.368. The van der Waals surface area contributed by atoms with E-state index in [0.717, 1.165) is 21.3 Å². The van der Waals surface area contributed by atoms with Crippen molar-refractivity contribution < 1.29 is 13.9 Å². The maximum absolute atomic E-state index is 13.9. The summed E-state index contributed by atoms with van der Waals surface area (Å²) >= 11 is 7.64. The average molecular weight is 441 g/mol. The van der Waals surface area contributed by atoms with E-state index in [1.807, 2.05) is 49.4 Å². The first-order valence-corrected chi connectivity index (χ1v) is 10.5. The number of carbonyl (C=O) groups excluding carboxylic acids is 1. The SMILES string of the molecule is Cc1c(Cl)ccc2sc(N(Cc3ccccc3)C(=O)COc3ccccc3F)nc12. The van der Waals surface area contributed by atoms with Crippen LogP contribution in [0.25, 0.3) is 10.2 Å². The molecule has 152 valence electrons. The van der Waals surface area contributed by atoms with Crippen LogP contribution in [0.5, 0.6) is 5.75 Å². The number of benzene rings is 3. The fourth-order valence-electron chi connectivity index (χ4n) is 3.01. The van der Waals surface area contributed by atoms with E-state index in [4.69, 9.17) is 16.3 Å². The number of hydrogen-bond acceptors (Lipinski definition) is 4. The molecular formula is C23H18ClFN2O2S. The number of anilines is 1. The molecule has 0 atom stereocenters. The maximum atomic E-state index is 13.9. The molecule has 0 fully saturated rings. The second-order valence-electron chi connectivity index (χ2n) is 6.70. The average Bonchev–Trinajstić information content (AvgIpc) is 3.19. The number of carbonyl (C=O) groups is 1. The van der Waals surface area contributed by atoms with Gasteiger partial charge in [0, 0.05) is 5.02 Å². The minimum Gasteiger partial charge on any atom is -0.481 e. The van der Waals surface area contributed by atoms with Crippen LogP contribution in [-0.4, -0.2) is 17.5 Å². The van der Waals surface area contributed by atoms with E-state index < -0.39 is 5.82 Å². The number of ether oxygens (including phenoxy) is 1. The van der Waals surface area contributed by atoms with Crippen molar-refractivity contribution in [3.8, 4) is 5.75 Å². The molecular weight excluding hydrogens is 423 g/mol. The zero-order valence-electron chi connectivity index (χ0n) is 16.1. The van der Waals surface area contributed by atoms with Crippen LogP contribution >= 0.6 is 22.9 Å². The highest BCUT2D eigenvalue weighted by atomic mass is 35.5. The van der Waals surface area contributed by atoms with E-state index in [2.05, 4.69) is 4.98 Å². The van der Waals surface area contributed by atoms with Crippen molar-refractivity contribution >= 4 is 44.2 Å². The number of para-hydroxylation sites is 1. The first-order chi connectivity index (χ1) is 14.5. The summed E-state index contributed by atoms with van der Waals surface area (Å²) in [6.45, 7) is 1.93. The van der Waals surface area contributed by atoms with Crippen LogP contribution in [0.15, 0.2) is 66.7 Å². The molecule has 1 heterocycles. The van der Waals surface area contributed by atoms with E-state index in [0.29, 0.717) is 16.7 Å². The minimum absolute atomic E-state index is 0.0393. The second kappa shape index (κ2) is 8.81. The largest absolute Gasteiger partial charge is 0.481 e. The van der Waals surface area contributed by atoms with E-state index in [9.17, 15) is 9.18 Å². The molecule has 0 radical (unpaired) electrons. The predicted octanol–water partition coefficient (Wildman–Crippen LogP) is 6.01. The fourth-order valence-corrected chi connectivity index (χ4v) is 4.21. The van der Waals surface area contributed by atoms with Crippen molar-refractivity contribution in [2.45, 2.75) is 13.5 Å². The summed E-state index contributed by atoms with van der Waals surface area (Å²) in [6.07, 6.45) is 0. The number of aromatic nitrogens is 1. The van der Waals surface area contributed by atoms with Crippen LogP contribution in [-0.2, 0) is 11.3 Å². The van der Waals surface area contributed by atoms with E-state index in [1.54, 1.807) is 17.0 Å². The van der Waals surface area contributed by atoms with Crippen LogP contribution in [0, 0.1) is 12.7 Å². The Morgan fingerprint density at radius 2 is 1.83 bits per heavy atom. The summed E-state index contributed by atoms with van der Waals surface area (Å²) in [5.41, 5.74) is 2.58. The third-order valence-electron chi connectivity index (χ3n) is 4.64. The Hall–Kier alpha value is -2.96. The van der Waals surface area contributed by atoms with Gasteiger partial charge >= 0.3 is 0 Å². The maximum Gasteiger partial charge on any atom is 0.267 e. The second-order valence-corrected chi connectivity index (χ2v) is 8.12. The molecule has 0 aliphatic rings. The molecule has 4 nitrogen and oxygen atoms in total. The zero-order chi connectivity index (χ0) is 21.1. The standard InChI is InChI=1S/C23H18ClFN2O2S/c1-15-17(24)11-12-20-22(15)26-23(30-20)27(13-16-7-3-2-4-8-16)21(28)14-29-19-10-6-5-9-18(19)25/h2-12H,13-14H2,1H3. The van der Waals surface area contributed by atoms with Crippen LogP contribution in [0.1, 0.15) is 11.1 Å². The topological polar surface area (TPSA) is 42.4 Å². The molecule has 0 unspecified atom stereocenters. The zero-order valence-corrected chi connectivity index (χ0v) is 17.7. The predicted molar refractivity (Wildman–Crippen MR) is 119 cm³/mol. The first-order valence-electron chi connectivity index (χ1n) is 9.30. The number of amides is 1. The van der Waals surface area contributed by atoms with Gasteiger partial charge in [-0.05, 0) is 42.3 Å². The van der Waals surface area contributed by atoms with E-state index >= 15 is 0 Å². The minimum atomic E-state index is -0.509. The number of nitrogens with zero attached hydrogens (tertiary/aromatic N) is 2. The number of halogens is 2. The van der Waals surface area contributed by atoms with Gasteiger partial charge in [0.05, 0.1) is 16.8 Å². The van der Waals surface area contributed by atoms with Gasteiger partial charge in [0.2, 0.25) is 0 Å². The molecule has 0 N–H and O–H groups in total. The van der Waals surface area contributed by atoms with Crippen molar-refractivity contribution in [2.75, 3.05) is 11.5 Å². The lowest BCUT2D eigenvalue weighted by Gasteiger charge is -2.20. The van der Waals surface area contributed by atoms with Crippen LogP contribution in [0.3, 0.4) is 0 Å². The molecule has 1 aromatic heterocycles. The summed E-state index contributed by atoms with van der Waals surface area (Å²) < 4.78 is 20.2. The van der Waals surface area contributed by atoms with Gasteiger partial charge in [-0.3, -0.25) is 9.69 Å². The molecule has 4 aromatic rings. The highest BCUT2D eigenvalue weighted by molar-refractivity contribution is 7.22. The normalized spacial score (nSPS) is 10.9. The first kappa shape index (κ1) is 20.3. The van der Waals surface area contributed by atoms with Gasteiger partial charge in [-0.2, -0.15) is 0 Å². The molecule has 0 aliphatic heterocycles. The Kier molecular flexibility index (Phi) is 5.97. The highest BCUT2D eigenvalue weighted by Crippen LogP contribution is 2.34. The smallest absolute Gasteiger partial charge is 0.267 e. The summed E-state index contributed by atoms with van der Waals surface area (Å²) in [5, 5.41) is 1.17. The molecule has 0 aliphatic carbocycles. The highest BCUT2D eigenvalue weighted by Gasteiger charge is 2.22. The third-order valence-corrected chi connectivity index (χ3v) is 6.09. The molecule has 30 heavy (non-hydrogen) atoms. The van der Waals surface area contributed by atoms with Crippen molar-refractivity contribution in [1.82, 2.24) is 4.98 Å². The number of rotatable bonds is 6. The summed E-state index contributed by atoms with van der Waals surface area (Å²) in [7, 11) is 0. The molecule has 3 aromatic carbocycles. The molecule has 0 spiro atoms. The summed E-state index contributed by atoms with van der Waals surface area (Å²) in [5.74, 6) is -0.785. The molecule has 1 amide bonds. The Labute approximate surface area is 182 Å². The lowest BCUT2D eigenvalue weighted by atomic mass is 10.2. The number of fused-ring (bicyclic) bond motifs is 1. The van der Waals surface area contributed by atoms with Gasteiger partial charge in [-0.15, -0.1) is 0 Å². The van der Waals surface area contributed by atoms with Crippen molar-refractivity contribution in [3.63, 3.8) is 0 Å². The van der Waals surface area contributed by atoms with E-state index in [-0.39, 0.29) is 18.3 Å². The van der Waals surface area contributed by atoms with Gasteiger partial charge in [0.15, 0.2) is 23.3 Å². The summed E-state index contributed by atoms with van der Waals surface area (Å²) in [4.78, 5) is 19.3. The Morgan fingerprint density at radius 3 is 2.60 bits per heavy atom. The number of thiazole rings is 1. The molecule has 0 saturated carbocycles. The number of aryl methyl sites for hydroxylation is 1. The van der Waals surface area contributed by atoms with Gasteiger partial charge in [-0.25, -0.2) is 9.37 Å². The van der Waals surface area contributed by atoms with Crippen molar-refractivity contribution in [3.05, 3.63) is 88.7 Å². The lowest BCUT2D eigenvalue weighted by Crippen LogP contribution is -2.34. The van der Waals surface area contributed by atoms with Gasteiger partial charge in [0.1, 0.15) is 0 Å². The van der Waals surface area contributed by atoms with Crippen molar-refractivity contribution in [2.24, 2.45) is 0 Å². The molecule has 7 heteroatoms. The summed E-state index contributed by atoms with van der Waals surface area (Å²) in [6, 6.07) is 19.4. The van der Waals surface area contributed by atoms with Crippen LogP contribution in [0.2, 0.25) is 5.02 Å². The molecule has 0 saturated heterocycles. The van der Waals surface area contributed by atoms with Crippen molar-refractivity contribution in [1.29, 1.82) is 0 Å². The van der Waals surface area contributed by atoms with Gasteiger partial charge in [-0.1, -0.05) is 65.4 Å². The third kappa shape index (κ3) is 4.30. The number of hydrogen-bond donors (Lipinski definition) is 0. The van der Waals surface area contributed by atoms with Gasteiger partial charge < -0.3 is 4.74 Å². The monoisotopic (exact) mass is 440 g/mol. The molecule has 4 rings (SSSR count). The van der Waals surface area contributed by atoms with Crippen LogP contribution in [0.4, 0.5) is 9.52 Å².